The molecule has 9 heteroatoms. The van der Waals surface area contributed by atoms with Crippen LogP contribution in [0.1, 0.15) is 27.9 Å². The van der Waals surface area contributed by atoms with E-state index in [9.17, 15) is 19.9 Å². The predicted octanol–water partition coefficient (Wildman–Crippen LogP) is 0.504. The summed E-state index contributed by atoms with van der Waals surface area (Å²) in [4.78, 5) is 32.1. The van der Waals surface area contributed by atoms with E-state index in [1.54, 1.807) is 43.3 Å². The smallest absolute Gasteiger partial charge is 0.289 e. The predicted molar refractivity (Wildman–Crippen MR) is 97.5 cm³/mol. The third kappa shape index (κ3) is 4.33. The van der Waals surface area contributed by atoms with Crippen molar-refractivity contribution in [3.05, 3.63) is 60.2 Å². The molecule has 2 heterocycles. The highest BCUT2D eigenvalue weighted by Crippen LogP contribution is 2.33. The number of aromatic nitrogens is 2. The summed E-state index contributed by atoms with van der Waals surface area (Å²) in [5.41, 5.74) is -0.550. The number of hydroxylamine groups is 2. The van der Waals surface area contributed by atoms with Gasteiger partial charge >= 0.3 is 0 Å². The summed E-state index contributed by atoms with van der Waals surface area (Å²) >= 11 is 0. The summed E-state index contributed by atoms with van der Waals surface area (Å²) in [6.07, 6.45) is 1.24. The molecule has 2 aromatic rings. The van der Waals surface area contributed by atoms with E-state index >= 15 is 0 Å². The molecule has 3 rings (SSSR count). The molecule has 0 saturated carbocycles. The first kappa shape index (κ1) is 19.9. The van der Waals surface area contributed by atoms with Gasteiger partial charge in [-0.25, -0.2) is 15.0 Å². The molecule has 1 aromatic carbocycles. The molecule has 0 radical (unpaired) electrons. The fraction of sp³-hybridized carbons (Fsp3) is 0.368. The zero-order valence-corrected chi connectivity index (χ0v) is 15.4. The Morgan fingerprint density at radius 2 is 1.93 bits per heavy atom. The highest BCUT2D eigenvalue weighted by Gasteiger charge is 2.47. The van der Waals surface area contributed by atoms with Gasteiger partial charge < -0.3 is 15.2 Å². The topological polar surface area (TPSA) is 125 Å². The first-order valence-electron chi connectivity index (χ1n) is 8.81. The van der Waals surface area contributed by atoms with Crippen LogP contribution in [0.2, 0.25) is 0 Å². The van der Waals surface area contributed by atoms with Crippen molar-refractivity contribution in [1.29, 1.82) is 0 Å². The molecule has 0 aliphatic carbocycles. The normalized spacial score (nSPS) is 24.0. The molecule has 0 bridgehead atoms. The van der Waals surface area contributed by atoms with Crippen molar-refractivity contribution in [2.45, 2.75) is 19.1 Å². The van der Waals surface area contributed by atoms with Crippen LogP contribution >= 0.6 is 0 Å². The maximum atomic E-state index is 12.3. The number of nitrogens with zero attached hydrogens (tertiary/aromatic N) is 3. The second kappa shape index (κ2) is 8.42. The van der Waals surface area contributed by atoms with Crippen molar-refractivity contribution in [1.82, 2.24) is 20.3 Å². The Bertz CT molecular complexity index is 820. The summed E-state index contributed by atoms with van der Waals surface area (Å²) in [5.74, 6) is -1.02. The molecule has 9 nitrogen and oxygen atoms in total. The molecule has 0 unspecified atom stereocenters. The SMILES string of the molecule is C[C@@]1(CN(O)C(=O)c2ccccc2)CO[C@H](CNC(=O)c2ncccn2)[C@H]1O. The number of aliphatic hydroxyl groups is 1. The number of amides is 2. The fourth-order valence-electron chi connectivity index (χ4n) is 3.06. The van der Waals surface area contributed by atoms with Crippen molar-refractivity contribution < 1.29 is 24.6 Å². The lowest BCUT2D eigenvalue weighted by molar-refractivity contribution is -0.0940. The lowest BCUT2D eigenvalue weighted by Crippen LogP contribution is -2.47. The van der Waals surface area contributed by atoms with Gasteiger partial charge in [0, 0.05) is 29.9 Å². The molecule has 3 N–H and O–H groups in total. The Hall–Kier alpha value is -2.88. The monoisotopic (exact) mass is 386 g/mol. The number of carbonyl (C=O) groups excluding carboxylic acids is 2. The summed E-state index contributed by atoms with van der Waals surface area (Å²) in [5, 5.41) is 24.0. The minimum Gasteiger partial charge on any atom is -0.390 e. The van der Waals surface area contributed by atoms with Crippen LogP contribution in [0.3, 0.4) is 0 Å². The van der Waals surface area contributed by atoms with Gasteiger partial charge in [0.1, 0.15) is 6.10 Å². The minimum absolute atomic E-state index is 0.0211. The van der Waals surface area contributed by atoms with Gasteiger partial charge in [-0.15, -0.1) is 0 Å². The standard InChI is InChI=1S/C19H22N4O5/c1-19(11-23(27)18(26)13-6-3-2-4-7-13)12-28-14(15(19)24)10-22-17(25)16-20-8-5-9-21-16/h2-9,14-15,24,27H,10-12H2,1H3,(H,22,25)/t14-,15-,19-/m1/s1. The second-order valence-electron chi connectivity index (χ2n) is 6.96. The molecule has 1 aromatic heterocycles. The van der Waals surface area contributed by atoms with Crippen molar-refractivity contribution >= 4 is 11.8 Å². The average Bonchev–Trinajstić information content (AvgIpc) is 3.00. The number of rotatable bonds is 6. The van der Waals surface area contributed by atoms with Gasteiger partial charge in [0.25, 0.3) is 11.8 Å². The van der Waals surface area contributed by atoms with E-state index in [0.717, 1.165) is 0 Å². The second-order valence-corrected chi connectivity index (χ2v) is 6.96. The van der Waals surface area contributed by atoms with E-state index in [-0.39, 0.29) is 25.5 Å². The summed E-state index contributed by atoms with van der Waals surface area (Å²) in [6.45, 7) is 1.76. The quantitative estimate of drug-likeness (QED) is 0.488. The van der Waals surface area contributed by atoms with E-state index in [1.807, 2.05) is 0 Å². The van der Waals surface area contributed by atoms with Crippen molar-refractivity contribution in [3.8, 4) is 0 Å². The van der Waals surface area contributed by atoms with E-state index in [0.29, 0.717) is 10.6 Å². The molecule has 1 aliphatic heterocycles. The van der Waals surface area contributed by atoms with Crippen LogP contribution in [0.15, 0.2) is 48.8 Å². The zero-order valence-electron chi connectivity index (χ0n) is 15.4. The minimum atomic E-state index is -0.997. The van der Waals surface area contributed by atoms with Crippen LogP contribution in [0.5, 0.6) is 0 Å². The third-order valence-electron chi connectivity index (χ3n) is 4.69. The number of hydrogen-bond acceptors (Lipinski definition) is 7. The van der Waals surface area contributed by atoms with Crippen molar-refractivity contribution in [3.63, 3.8) is 0 Å². The number of benzene rings is 1. The molecule has 1 saturated heterocycles. The summed E-state index contributed by atoms with van der Waals surface area (Å²) < 4.78 is 5.60. The largest absolute Gasteiger partial charge is 0.390 e. The lowest BCUT2D eigenvalue weighted by atomic mass is 9.84. The Kier molecular flexibility index (Phi) is 5.98. The molecular formula is C19H22N4O5. The van der Waals surface area contributed by atoms with Crippen LogP contribution in [-0.2, 0) is 4.74 Å². The highest BCUT2D eigenvalue weighted by atomic mass is 16.5. The van der Waals surface area contributed by atoms with E-state index in [4.69, 9.17) is 4.74 Å². The molecular weight excluding hydrogens is 364 g/mol. The fourth-order valence-corrected chi connectivity index (χ4v) is 3.06. The highest BCUT2D eigenvalue weighted by molar-refractivity contribution is 5.93. The lowest BCUT2D eigenvalue weighted by Gasteiger charge is -2.31. The zero-order chi connectivity index (χ0) is 20.1. The number of hydrogen-bond donors (Lipinski definition) is 3. The number of carbonyl (C=O) groups is 2. The van der Waals surface area contributed by atoms with Crippen molar-refractivity contribution in [2.24, 2.45) is 5.41 Å². The molecule has 2 amide bonds. The molecule has 1 fully saturated rings. The Morgan fingerprint density at radius 3 is 2.61 bits per heavy atom. The van der Waals surface area contributed by atoms with E-state index in [2.05, 4.69) is 15.3 Å². The maximum absolute atomic E-state index is 12.3. The van der Waals surface area contributed by atoms with Gasteiger partial charge in [-0.3, -0.25) is 14.8 Å². The average molecular weight is 386 g/mol. The Balaban J connectivity index is 1.56. The van der Waals surface area contributed by atoms with E-state index < -0.39 is 29.4 Å². The van der Waals surface area contributed by atoms with Crippen molar-refractivity contribution in [2.75, 3.05) is 19.7 Å². The van der Waals surface area contributed by atoms with Gasteiger partial charge in [-0.05, 0) is 18.2 Å². The molecule has 1 aliphatic rings. The first-order chi connectivity index (χ1) is 13.4. The van der Waals surface area contributed by atoms with Crippen LogP contribution in [-0.4, -0.2) is 69.1 Å². The number of ether oxygens (including phenoxy) is 1. The number of aliphatic hydroxyl groups excluding tert-OH is 1. The van der Waals surface area contributed by atoms with Gasteiger partial charge in [0.05, 0.1) is 19.3 Å². The van der Waals surface area contributed by atoms with Crippen LogP contribution in [0.4, 0.5) is 0 Å². The van der Waals surface area contributed by atoms with Crippen LogP contribution in [0.25, 0.3) is 0 Å². The van der Waals surface area contributed by atoms with Crippen LogP contribution < -0.4 is 5.32 Å². The third-order valence-corrected chi connectivity index (χ3v) is 4.69. The van der Waals surface area contributed by atoms with Gasteiger partial charge in [0.2, 0.25) is 5.82 Å². The van der Waals surface area contributed by atoms with Gasteiger partial charge in [-0.2, -0.15) is 0 Å². The Morgan fingerprint density at radius 1 is 1.25 bits per heavy atom. The first-order valence-corrected chi connectivity index (χ1v) is 8.81. The number of nitrogens with one attached hydrogen (secondary N) is 1. The maximum Gasteiger partial charge on any atom is 0.289 e. The van der Waals surface area contributed by atoms with Crippen LogP contribution in [0, 0.1) is 5.41 Å². The van der Waals surface area contributed by atoms with Gasteiger partial charge in [0.15, 0.2) is 0 Å². The molecule has 148 valence electrons. The molecule has 28 heavy (non-hydrogen) atoms. The Labute approximate surface area is 161 Å². The molecule has 0 spiro atoms. The van der Waals surface area contributed by atoms with Gasteiger partial charge in [-0.1, -0.05) is 25.1 Å². The summed E-state index contributed by atoms with van der Waals surface area (Å²) in [6, 6.07) is 9.97. The summed E-state index contributed by atoms with van der Waals surface area (Å²) in [7, 11) is 0. The molecule has 3 atom stereocenters. The van der Waals surface area contributed by atoms with E-state index in [1.165, 1.54) is 12.4 Å².